The van der Waals surface area contributed by atoms with E-state index in [1.165, 1.54) is 20.0 Å². The number of sulfonamides is 1. The molecule has 2 saturated heterocycles. The smallest absolute Gasteiger partial charge is 0.418 e. The Labute approximate surface area is 278 Å². The van der Waals surface area contributed by atoms with Gasteiger partial charge in [0.05, 0.1) is 36.3 Å². The molecule has 256 valence electrons. The van der Waals surface area contributed by atoms with Crippen molar-refractivity contribution in [2.24, 2.45) is 7.05 Å². The van der Waals surface area contributed by atoms with E-state index in [9.17, 15) is 18.0 Å². The molecule has 0 bridgehead atoms. The average molecular weight is 669 g/mol. The minimum Gasteiger partial charge on any atom is -0.492 e. The number of carbonyl (C=O) groups is 2. The van der Waals surface area contributed by atoms with Gasteiger partial charge in [0.2, 0.25) is 21.8 Å². The molecule has 2 N–H and O–H groups in total. The van der Waals surface area contributed by atoms with Gasteiger partial charge in [-0.3, -0.25) is 24.6 Å². The number of aryl methyl sites for hydroxylation is 1. The maximum absolute atomic E-state index is 13.3. The SMILES string of the molecule is COc1c(NC(=O)Oc2cc3cccc(CN4CCN(C(=O)C(C)N5CCCC5)CC4)c3n2C)cc(C(C)(C)C)cc1NS(C)(=O)=O. The Bertz CT molecular complexity index is 1730. The predicted octanol–water partition coefficient (Wildman–Crippen LogP) is 4.60. The summed E-state index contributed by atoms with van der Waals surface area (Å²) in [5.74, 6) is 0.755. The lowest BCUT2D eigenvalue weighted by molar-refractivity contribution is -0.137. The first-order valence-electron chi connectivity index (χ1n) is 16.2. The number of hydrogen-bond acceptors (Lipinski definition) is 8. The molecule has 2 aliphatic rings. The molecule has 0 saturated carbocycles. The Kier molecular flexibility index (Phi) is 10.1. The van der Waals surface area contributed by atoms with Crippen LogP contribution in [-0.2, 0) is 33.8 Å². The summed E-state index contributed by atoms with van der Waals surface area (Å²) in [4.78, 5) is 33.0. The minimum atomic E-state index is -3.61. The number of hydrogen-bond donors (Lipinski definition) is 2. The first kappa shape index (κ1) is 34.5. The van der Waals surface area contributed by atoms with Crippen molar-refractivity contribution < 1.29 is 27.5 Å². The molecule has 2 fully saturated rings. The van der Waals surface area contributed by atoms with Gasteiger partial charge in [0.15, 0.2) is 5.75 Å². The quantitative estimate of drug-likeness (QED) is 0.339. The first-order chi connectivity index (χ1) is 22.1. The van der Waals surface area contributed by atoms with Crippen molar-refractivity contribution in [1.29, 1.82) is 0 Å². The fraction of sp³-hybridized carbons (Fsp3) is 0.529. The molecule has 12 nitrogen and oxygen atoms in total. The molecule has 3 heterocycles. The standard InChI is InChI=1S/C34H48N6O6S/c1-23(39-13-8-9-14-39)32(41)40-17-15-38(16-18-40)22-25-12-10-11-24-19-29(37(5)30(24)25)46-33(42)35-27-20-26(34(2,3)4)21-28(31(27)45-6)36-47(7,43)44/h10-12,19-21,23,36H,8-9,13-18,22H2,1-7H3,(H,35,42). The molecule has 0 radical (unpaired) electrons. The summed E-state index contributed by atoms with van der Waals surface area (Å²) in [7, 11) is -0.343. The molecule has 3 aromatic rings. The van der Waals surface area contributed by atoms with Gasteiger partial charge in [0, 0.05) is 51.2 Å². The molecule has 1 aromatic heterocycles. The number of amides is 2. The summed E-state index contributed by atoms with van der Waals surface area (Å²) in [5.41, 5.74) is 3.01. The van der Waals surface area contributed by atoms with E-state index in [0.717, 1.165) is 54.5 Å². The Morgan fingerprint density at radius 1 is 0.979 bits per heavy atom. The lowest BCUT2D eigenvalue weighted by atomic mass is 9.86. The van der Waals surface area contributed by atoms with Crippen molar-refractivity contribution in [3.63, 3.8) is 0 Å². The highest BCUT2D eigenvalue weighted by atomic mass is 32.2. The Balaban J connectivity index is 1.29. The van der Waals surface area contributed by atoms with Crippen LogP contribution in [-0.4, -0.2) is 98.4 Å². The third kappa shape index (κ3) is 8.02. The summed E-state index contributed by atoms with van der Waals surface area (Å²) in [6.45, 7) is 13.7. The van der Waals surface area contributed by atoms with E-state index in [1.54, 1.807) is 12.1 Å². The number of fused-ring (bicyclic) bond motifs is 1. The largest absolute Gasteiger partial charge is 0.492 e. The Morgan fingerprint density at radius 2 is 1.64 bits per heavy atom. The zero-order chi connectivity index (χ0) is 34.1. The van der Waals surface area contributed by atoms with Gasteiger partial charge in [-0.2, -0.15) is 0 Å². The van der Waals surface area contributed by atoms with Crippen LogP contribution in [0.4, 0.5) is 16.2 Å². The molecule has 47 heavy (non-hydrogen) atoms. The van der Waals surface area contributed by atoms with Crippen LogP contribution in [0, 0.1) is 0 Å². The average Bonchev–Trinajstić information content (AvgIpc) is 3.64. The molecule has 13 heteroatoms. The van der Waals surface area contributed by atoms with E-state index in [1.807, 2.05) is 62.4 Å². The van der Waals surface area contributed by atoms with Gasteiger partial charge < -0.3 is 18.9 Å². The second kappa shape index (κ2) is 13.7. The zero-order valence-corrected chi connectivity index (χ0v) is 29.4. The number of methoxy groups -OCH3 is 1. The van der Waals surface area contributed by atoms with Crippen molar-refractivity contribution in [1.82, 2.24) is 19.3 Å². The molecule has 2 aromatic carbocycles. The number of aromatic nitrogens is 1. The lowest BCUT2D eigenvalue weighted by Crippen LogP contribution is -2.53. The van der Waals surface area contributed by atoms with Gasteiger partial charge in [-0.1, -0.05) is 39.0 Å². The van der Waals surface area contributed by atoms with Gasteiger partial charge in [-0.15, -0.1) is 0 Å². The number of benzene rings is 2. The fourth-order valence-corrected chi connectivity index (χ4v) is 7.05. The highest BCUT2D eigenvalue weighted by molar-refractivity contribution is 7.92. The van der Waals surface area contributed by atoms with E-state index < -0.39 is 16.1 Å². The van der Waals surface area contributed by atoms with E-state index in [2.05, 4.69) is 25.9 Å². The molecule has 1 unspecified atom stereocenters. The summed E-state index contributed by atoms with van der Waals surface area (Å²) < 4.78 is 39.9. The van der Waals surface area contributed by atoms with Crippen molar-refractivity contribution in [3.05, 3.63) is 47.5 Å². The van der Waals surface area contributed by atoms with Crippen molar-refractivity contribution in [3.8, 4) is 11.6 Å². The first-order valence-corrected chi connectivity index (χ1v) is 18.1. The topological polar surface area (TPSA) is 125 Å². The number of anilines is 2. The number of rotatable bonds is 9. The number of nitrogens with zero attached hydrogens (tertiary/aromatic N) is 4. The second-order valence-electron chi connectivity index (χ2n) is 13.7. The summed E-state index contributed by atoms with van der Waals surface area (Å²) in [5, 5.41) is 3.70. The van der Waals surface area contributed by atoms with Crippen LogP contribution in [0.1, 0.15) is 51.7 Å². The maximum atomic E-state index is 13.3. The molecule has 5 rings (SSSR count). The van der Waals surface area contributed by atoms with Crippen molar-refractivity contribution in [2.45, 2.75) is 58.5 Å². The molecular weight excluding hydrogens is 620 g/mol. The monoisotopic (exact) mass is 668 g/mol. The maximum Gasteiger partial charge on any atom is 0.418 e. The Morgan fingerprint density at radius 3 is 2.26 bits per heavy atom. The molecule has 2 aliphatic heterocycles. The van der Waals surface area contributed by atoms with E-state index in [-0.39, 0.29) is 34.5 Å². The van der Waals surface area contributed by atoms with E-state index >= 15 is 0 Å². The highest BCUT2D eigenvalue weighted by Gasteiger charge is 2.30. The summed E-state index contributed by atoms with van der Waals surface area (Å²) >= 11 is 0. The van der Waals surface area contributed by atoms with Crippen LogP contribution in [0.5, 0.6) is 11.6 Å². The zero-order valence-electron chi connectivity index (χ0n) is 28.6. The molecule has 2 amide bonds. The number of para-hydroxylation sites is 1. The predicted molar refractivity (Wildman–Crippen MR) is 185 cm³/mol. The molecular formula is C34H48N6O6S. The number of nitrogens with one attached hydrogen (secondary N) is 2. The number of likely N-dealkylation sites (tertiary alicyclic amines) is 1. The normalized spacial score (nSPS) is 17.1. The van der Waals surface area contributed by atoms with Gasteiger partial charge in [-0.05, 0) is 61.5 Å². The highest BCUT2D eigenvalue weighted by Crippen LogP contribution is 2.39. The van der Waals surface area contributed by atoms with Gasteiger partial charge >= 0.3 is 6.09 Å². The van der Waals surface area contributed by atoms with Crippen LogP contribution in [0.2, 0.25) is 0 Å². The van der Waals surface area contributed by atoms with E-state index in [0.29, 0.717) is 25.5 Å². The fourth-order valence-electron chi connectivity index (χ4n) is 6.50. The molecule has 0 spiro atoms. The van der Waals surface area contributed by atoms with Gasteiger partial charge in [-0.25, -0.2) is 13.2 Å². The third-order valence-electron chi connectivity index (χ3n) is 9.11. The van der Waals surface area contributed by atoms with Crippen LogP contribution < -0.4 is 19.5 Å². The van der Waals surface area contributed by atoms with Crippen molar-refractivity contribution in [2.75, 3.05) is 62.7 Å². The summed E-state index contributed by atoms with van der Waals surface area (Å²) in [6.07, 6.45) is 2.65. The van der Waals surface area contributed by atoms with Crippen molar-refractivity contribution >= 4 is 44.3 Å². The number of carbonyl (C=O) groups excluding carboxylic acids is 2. The molecule has 1 atom stereocenters. The molecule has 0 aliphatic carbocycles. The number of ether oxygens (including phenoxy) is 2. The Hall–Kier alpha value is -3.81. The summed E-state index contributed by atoms with van der Waals surface area (Å²) in [6, 6.07) is 11.3. The second-order valence-corrected chi connectivity index (χ2v) is 15.4. The van der Waals surface area contributed by atoms with Gasteiger partial charge in [0.1, 0.15) is 0 Å². The van der Waals surface area contributed by atoms with Gasteiger partial charge in [0.25, 0.3) is 0 Å². The van der Waals surface area contributed by atoms with Crippen LogP contribution in [0.3, 0.4) is 0 Å². The van der Waals surface area contributed by atoms with Crippen LogP contribution in [0.25, 0.3) is 10.9 Å². The number of piperazine rings is 1. The van der Waals surface area contributed by atoms with Crippen LogP contribution >= 0.6 is 0 Å². The lowest BCUT2D eigenvalue weighted by Gasteiger charge is -2.37. The van der Waals surface area contributed by atoms with Crippen LogP contribution in [0.15, 0.2) is 36.4 Å². The minimum absolute atomic E-state index is 0.0634. The van der Waals surface area contributed by atoms with E-state index in [4.69, 9.17) is 9.47 Å². The third-order valence-corrected chi connectivity index (χ3v) is 9.70.